The number of hydrogen-bond donors (Lipinski definition) is 1. The van der Waals surface area contributed by atoms with Crippen LogP contribution >= 0.6 is 0 Å². The third kappa shape index (κ3) is 2.53. The predicted octanol–water partition coefficient (Wildman–Crippen LogP) is 2.80. The third-order valence-corrected chi connectivity index (χ3v) is 5.09. The zero-order valence-electron chi connectivity index (χ0n) is 11.4. The van der Waals surface area contributed by atoms with Crippen molar-refractivity contribution in [2.75, 3.05) is 6.54 Å². The van der Waals surface area contributed by atoms with Gasteiger partial charge in [-0.15, -0.1) is 0 Å². The van der Waals surface area contributed by atoms with Gasteiger partial charge in [0.2, 0.25) is 0 Å². The third-order valence-electron chi connectivity index (χ3n) is 5.09. The SMILES string of the molecule is CC1(C)CCCC(N(CC2CC2)C2CC2)C1O. The Balaban J connectivity index is 1.70. The first-order valence-corrected chi connectivity index (χ1v) is 7.52. The molecule has 2 unspecified atom stereocenters. The molecular formula is C15H27NO. The fourth-order valence-electron chi connectivity index (χ4n) is 3.50. The molecule has 98 valence electrons. The van der Waals surface area contributed by atoms with Crippen molar-refractivity contribution in [3.63, 3.8) is 0 Å². The van der Waals surface area contributed by atoms with Crippen LogP contribution in [0, 0.1) is 11.3 Å². The van der Waals surface area contributed by atoms with Gasteiger partial charge in [-0.3, -0.25) is 4.90 Å². The van der Waals surface area contributed by atoms with E-state index >= 15 is 0 Å². The first-order valence-electron chi connectivity index (χ1n) is 7.52. The van der Waals surface area contributed by atoms with Gasteiger partial charge in [0.25, 0.3) is 0 Å². The smallest absolute Gasteiger partial charge is 0.0746 e. The molecule has 2 atom stereocenters. The average Bonchev–Trinajstić information content (AvgIpc) is 3.13. The summed E-state index contributed by atoms with van der Waals surface area (Å²) in [6.07, 6.45) is 9.18. The largest absolute Gasteiger partial charge is 0.391 e. The number of aliphatic hydroxyl groups is 1. The van der Waals surface area contributed by atoms with Crippen molar-refractivity contribution in [2.45, 2.75) is 77.0 Å². The molecule has 0 spiro atoms. The number of aliphatic hydroxyl groups excluding tert-OH is 1. The molecular weight excluding hydrogens is 210 g/mol. The van der Waals surface area contributed by atoms with Crippen LogP contribution in [-0.2, 0) is 0 Å². The highest BCUT2D eigenvalue weighted by Crippen LogP contribution is 2.43. The molecule has 0 radical (unpaired) electrons. The molecule has 0 heterocycles. The zero-order valence-corrected chi connectivity index (χ0v) is 11.4. The Bertz CT molecular complexity index is 281. The molecule has 3 aliphatic rings. The monoisotopic (exact) mass is 237 g/mol. The molecule has 0 amide bonds. The first kappa shape index (κ1) is 12.0. The van der Waals surface area contributed by atoms with E-state index in [0.717, 1.165) is 12.0 Å². The van der Waals surface area contributed by atoms with Crippen molar-refractivity contribution < 1.29 is 5.11 Å². The van der Waals surface area contributed by atoms with Gasteiger partial charge in [0.15, 0.2) is 0 Å². The lowest BCUT2D eigenvalue weighted by Crippen LogP contribution is -2.53. The molecule has 3 saturated carbocycles. The minimum absolute atomic E-state index is 0.115. The standard InChI is InChI=1S/C15H27NO/c1-15(2)9-3-4-13(14(15)17)16(12-7-8-12)10-11-5-6-11/h11-14,17H,3-10H2,1-2H3. The minimum Gasteiger partial charge on any atom is -0.391 e. The Kier molecular flexibility index (Phi) is 2.99. The summed E-state index contributed by atoms with van der Waals surface area (Å²) >= 11 is 0. The molecule has 3 aliphatic carbocycles. The maximum Gasteiger partial charge on any atom is 0.0746 e. The van der Waals surface area contributed by atoms with Crippen molar-refractivity contribution in [3.8, 4) is 0 Å². The van der Waals surface area contributed by atoms with Crippen LogP contribution in [0.5, 0.6) is 0 Å². The Hall–Kier alpha value is -0.0800. The van der Waals surface area contributed by atoms with Crippen LogP contribution in [-0.4, -0.2) is 34.7 Å². The molecule has 3 rings (SSSR count). The van der Waals surface area contributed by atoms with E-state index < -0.39 is 0 Å². The van der Waals surface area contributed by atoms with Crippen LogP contribution in [0.25, 0.3) is 0 Å². The van der Waals surface area contributed by atoms with Crippen molar-refractivity contribution in [2.24, 2.45) is 11.3 Å². The van der Waals surface area contributed by atoms with Gasteiger partial charge in [-0.25, -0.2) is 0 Å². The van der Waals surface area contributed by atoms with Crippen LogP contribution in [0.4, 0.5) is 0 Å². The molecule has 2 nitrogen and oxygen atoms in total. The Morgan fingerprint density at radius 2 is 1.82 bits per heavy atom. The summed E-state index contributed by atoms with van der Waals surface area (Å²) in [7, 11) is 0. The van der Waals surface area contributed by atoms with Gasteiger partial charge in [-0.1, -0.05) is 20.3 Å². The second-order valence-electron chi connectivity index (χ2n) is 7.26. The quantitative estimate of drug-likeness (QED) is 0.812. The fraction of sp³-hybridized carbons (Fsp3) is 1.00. The van der Waals surface area contributed by atoms with Crippen molar-refractivity contribution >= 4 is 0 Å². The lowest BCUT2D eigenvalue weighted by atomic mass is 9.72. The van der Waals surface area contributed by atoms with E-state index in [2.05, 4.69) is 18.7 Å². The van der Waals surface area contributed by atoms with Gasteiger partial charge in [0.1, 0.15) is 0 Å². The Labute approximate surface area is 105 Å². The summed E-state index contributed by atoms with van der Waals surface area (Å²) in [6.45, 7) is 5.75. The number of rotatable bonds is 4. The maximum absolute atomic E-state index is 10.6. The van der Waals surface area contributed by atoms with E-state index in [9.17, 15) is 5.11 Å². The van der Waals surface area contributed by atoms with Gasteiger partial charge in [-0.05, 0) is 49.9 Å². The number of nitrogens with zero attached hydrogens (tertiary/aromatic N) is 1. The van der Waals surface area contributed by atoms with E-state index in [0.29, 0.717) is 6.04 Å². The highest BCUT2D eigenvalue weighted by molar-refractivity contribution is 4.99. The molecule has 0 aliphatic heterocycles. The zero-order chi connectivity index (χ0) is 12.0. The van der Waals surface area contributed by atoms with Crippen LogP contribution in [0.3, 0.4) is 0 Å². The van der Waals surface area contributed by atoms with Crippen LogP contribution < -0.4 is 0 Å². The van der Waals surface area contributed by atoms with E-state index in [-0.39, 0.29) is 11.5 Å². The van der Waals surface area contributed by atoms with Crippen molar-refractivity contribution in [1.29, 1.82) is 0 Å². The van der Waals surface area contributed by atoms with Gasteiger partial charge in [0.05, 0.1) is 6.10 Å². The molecule has 17 heavy (non-hydrogen) atoms. The molecule has 0 aromatic carbocycles. The second-order valence-corrected chi connectivity index (χ2v) is 7.26. The molecule has 0 saturated heterocycles. The van der Waals surface area contributed by atoms with Gasteiger partial charge in [0, 0.05) is 18.6 Å². The maximum atomic E-state index is 10.6. The summed E-state index contributed by atoms with van der Waals surface area (Å²) in [5, 5.41) is 10.6. The number of hydrogen-bond acceptors (Lipinski definition) is 2. The van der Waals surface area contributed by atoms with Crippen molar-refractivity contribution in [3.05, 3.63) is 0 Å². The van der Waals surface area contributed by atoms with E-state index in [1.54, 1.807) is 0 Å². The highest BCUT2D eigenvalue weighted by atomic mass is 16.3. The Morgan fingerprint density at radius 1 is 1.12 bits per heavy atom. The summed E-state index contributed by atoms with van der Waals surface area (Å²) in [5.41, 5.74) is 0.125. The highest BCUT2D eigenvalue weighted by Gasteiger charge is 2.45. The lowest BCUT2D eigenvalue weighted by molar-refractivity contribution is -0.0610. The lowest BCUT2D eigenvalue weighted by Gasteiger charge is -2.46. The van der Waals surface area contributed by atoms with Crippen molar-refractivity contribution in [1.82, 2.24) is 4.90 Å². The molecule has 3 fully saturated rings. The summed E-state index contributed by atoms with van der Waals surface area (Å²) in [5.74, 6) is 0.952. The normalized spacial score (nSPS) is 37.4. The van der Waals surface area contributed by atoms with E-state index in [1.165, 1.54) is 51.5 Å². The van der Waals surface area contributed by atoms with Crippen LogP contribution in [0.1, 0.15) is 58.8 Å². The molecule has 0 bridgehead atoms. The summed E-state index contributed by atoms with van der Waals surface area (Å²) in [6, 6.07) is 1.26. The minimum atomic E-state index is -0.115. The van der Waals surface area contributed by atoms with Gasteiger partial charge >= 0.3 is 0 Å². The molecule has 0 aromatic rings. The second kappa shape index (κ2) is 4.24. The van der Waals surface area contributed by atoms with Gasteiger partial charge < -0.3 is 5.11 Å². The van der Waals surface area contributed by atoms with E-state index in [4.69, 9.17) is 0 Å². The summed E-state index contributed by atoms with van der Waals surface area (Å²) in [4.78, 5) is 2.68. The van der Waals surface area contributed by atoms with Crippen LogP contribution in [0.15, 0.2) is 0 Å². The van der Waals surface area contributed by atoms with Crippen LogP contribution in [0.2, 0.25) is 0 Å². The van der Waals surface area contributed by atoms with Gasteiger partial charge in [-0.2, -0.15) is 0 Å². The molecule has 1 N–H and O–H groups in total. The fourth-order valence-corrected chi connectivity index (χ4v) is 3.50. The summed E-state index contributed by atoms with van der Waals surface area (Å²) < 4.78 is 0. The van der Waals surface area contributed by atoms with E-state index in [1.807, 2.05) is 0 Å². The Morgan fingerprint density at radius 3 is 2.41 bits per heavy atom. The first-order chi connectivity index (χ1) is 8.08. The molecule has 0 aromatic heterocycles. The predicted molar refractivity (Wildman–Crippen MR) is 69.9 cm³/mol. The molecule has 2 heteroatoms. The average molecular weight is 237 g/mol. The topological polar surface area (TPSA) is 23.5 Å².